The summed E-state index contributed by atoms with van der Waals surface area (Å²) < 4.78 is 5.34. The molecule has 3 heteroatoms. The van der Waals surface area contributed by atoms with Crippen LogP contribution < -0.4 is 5.32 Å². The molecule has 0 aromatic heterocycles. The van der Waals surface area contributed by atoms with Gasteiger partial charge in [0.05, 0.1) is 6.54 Å². The molecule has 1 saturated carbocycles. The second-order valence-corrected chi connectivity index (χ2v) is 3.93. The van der Waals surface area contributed by atoms with Crippen molar-refractivity contribution < 1.29 is 9.53 Å². The molecule has 3 nitrogen and oxygen atoms in total. The molecule has 0 aromatic carbocycles. The van der Waals surface area contributed by atoms with Crippen LogP contribution >= 0.6 is 0 Å². The Labute approximate surface area is 86.2 Å². The van der Waals surface area contributed by atoms with Gasteiger partial charge in [-0.3, -0.25) is 4.79 Å². The minimum absolute atomic E-state index is 0.0923. The van der Waals surface area contributed by atoms with Gasteiger partial charge in [0.15, 0.2) is 0 Å². The van der Waals surface area contributed by atoms with Gasteiger partial charge in [-0.05, 0) is 38.6 Å². The van der Waals surface area contributed by atoms with Gasteiger partial charge in [0, 0.05) is 0 Å². The Bertz CT molecular complexity index is 165. The fourth-order valence-corrected chi connectivity index (χ4v) is 1.78. The standard InChI is InChI=1S/C11H21NO2/c1-2-8-12-9-11(13)14-10-6-4-3-5-7-10/h10,12H,2-9H2,1H3. The van der Waals surface area contributed by atoms with Crippen molar-refractivity contribution in [1.82, 2.24) is 5.32 Å². The van der Waals surface area contributed by atoms with Crippen molar-refractivity contribution in [3.8, 4) is 0 Å². The highest BCUT2D eigenvalue weighted by molar-refractivity contribution is 5.71. The SMILES string of the molecule is CCCNCC(=O)OC1CCCCC1. The van der Waals surface area contributed by atoms with Crippen LogP contribution in [0, 0.1) is 0 Å². The molecule has 0 aliphatic heterocycles. The van der Waals surface area contributed by atoms with Crippen LogP contribution in [-0.2, 0) is 9.53 Å². The first kappa shape index (κ1) is 11.5. The zero-order chi connectivity index (χ0) is 10.2. The van der Waals surface area contributed by atoms with E-state index in [4.69, 9.17) is 4.74 Å². The largest absolute Gasteiger partial charge is 0.461 e. The molecule has 0 spiro atoms. The lowest BCUT2D eigenvalue weighted by molar-refractivity contribution is -0.149. The molecule has 0 atom stereocenters. The van der Waals surface area contributed by atoms with Gasteiger partial charge in [-0.1, -0.05) is 13.3 Å². The van der Waals surface area contributed by atoms with Gasteiger partial charge < -0.3 is 10.1 Å². The van der Waals surface area contributed by atoms with E-state index in [2.05, 4.69) is 12.2 Å². The predicted molar refractivity (Wildman–Crippen MR) is 56.1 cm³/mol. The highest BCUT2D eigenvalue weighted by Crippen LogP contribution is 2.20. The van der Waals surface area contributed by atoms with Crippen molar-refractivity contribution in [2.75, 3.05) is 13.1 Å². The Morgan fingerprint density at radius 1 is 1.36 bits per heavy atom. The normalized spacial score (nSPS) is 18.1. The summed E-state index contributed by atoms with van der Waals surface area (Å²) in [5.74, 6) is -0.0923. The number of esters is 1. The molecular formula is C11H21NO2. The van der Waals surface area contributed by atoms with E-state index in [-0.39, 0.29) is 12.1 Å². The van der Waals surface area contributed by atoms with Crippen LogP contribution in [0.25, 0.3) is 0 Å². The zero-order valence-electron chi connectivity index (χ0n) is 9.05. The van der Waals surface area contributed by atoms with Crippen LogP contribution in [0.5, 0.6) is 0 Å². The molecule has 0 unspecified atom stereocenters. The van der Waals surface area contributed by atoms with Gasteiger partial charge in [-0.25, -0.2) is 0 Å². The van der Waals surface area contributed by atoms with Crippen molar-refractivity contribution >= 4 is 5.97 Å². The first-order valence-corrected chi connectivity index (χ1v) is 5.73. The molecule has 0 bridgehead atoms. The van der Waals surface area contributed by atoms with E-state index >= 15 is 0 Å². The third-order valence-corrected chi connectivity index (χ3v) is 2.55. The molecule has 1 aliphatic carbocycles. The lowest BCUT2D eigenvalue weighted by atomic mass is 9.98. The smallest absolute Gasteiger partial charge is 0.320 e. The fourth-order valence-electron chi connectivity index (χ4n) is 1.78. The molecule has 0 aromatic rings. The summed E-state index contributed by atoms with van der Waals surface area (Å²) >= 11 is 0. The number of nitrogens with one attached hydrogen (secondary N) is 1. The topological polar surface area (TPSA) is 38.3 Å². The van der Waals surface area contributed by atoms with E-state index in [9.17, 15) is 4.79 Å². The van der Waals surface area contributed by atoms with E-state index in [0.29, 0.717) is 6.54 Å². The molecule has 82 valence electrons. The summed E-state index contributed by atoms with van der Waals surface area (Å²) in [5, 5.41) is 3.05. The molecule has 1 aliphatic rings. The summed E-state index contributed by atoms with van der Waals surface area (Å²) in [7, 11) is 0. The van der Waals surface area contributed by atoms with Crippen molar-refractivity contribution in [3.05, 3.63) is 0 Å². The second-order valence-electron chi connectivity index (χ2n) is 3.93. The molecule has 1 fully saturated rings. The Morgan fingerprint density at radius 2 is 2.07 bits per heavy atom. The molecule has 14 heavy (non-hydrogen) atoms. The summed E-state index contributed by atoms with van der Waals surface area (Å²) in [5.41, 5.74) is 0. The molecule has 0 saturated heterocycles. The third kappa shape index (κ3) is 4.61. The van der Waals surface area contributed by atoms with Crippen molar-refractivity contribution in [3.63, 3.8) is 0 Å². The number of hydrogen-bond donors (Lipinski definition) is 1. The maximum atomic E-state index is 11.3. The number of hydrogen-bond acceptors (Lipinski definition) is 3. The fraction of sp³-hybridized carbons (Fsp3) is 0.909. The van der Waals surface area contributed by atoms with E-state index in [1.807, 2.05) is 0 Å². The lowest BCUT2D eigenvalue weighted by Crippen LogP contribution is -2.29. The van der Waals surface area contributed by atoms with Crippen molar-refractivity contribution in [2.24, 2.45) is 0 Å². The van der Waals surface area contributed by atoms with E-state index in [1.165, 1.54) is 19.3 Å². The van der Waals surface area contributed by atoms with Gasteiger partial charge in [0.25, 0.3) is 0 Å². The van der Waals surface area contributed by atoms with E-state index in [0.717, 1.165) is 25.8 Å². The van der Waals surface area contributed by atoms with Crippen LogP contribution in [0.2, 0.25) is 0 Å². The Balaban J connectivity index is 2.06. The monoisotopic (exact) mass is 199 g/mol. The molecule has 1 rings (SSSR count). The quantitative estimate of drug-likeness (QED) is 0.542. The van der Waals surface area contributed by atoms with Gasteiger partial charge in [-0.2, -0.15) is 0 Å². The maximum absolute atomic E-state index is 11.3. The maximum Gasteiger partial charge on any atom is 0.320 e. The molecule has 1 N–H and O–H groups in total. The average molecular weight is 199 g/mol. The van der Waals surface area contributed by atoms with Crippen LogP contribution in [-0.4, -0.2) is 25.2 Å². The van der Waals surface area contributed by atoms with Gasteiger partial charge in [0.1, 0.15) is 6.10 Å². The number of ether oxygens (including phenoxy) is 1. The molecule has 0 heterocycles. The molecular weight excluding hydrogens is 178 g/mol. The van der Waals surface area contributed by atoms with Crippen LogP contribution in [0.1, 0.15) is 45.4 Å². The number of carbonyl (C=O) groups is 1. The van der Waals surface area contributed by atoms with Crippen LogP contribution in [0.4, 0.5) is 0 Å². The average Bonchev–Trinajstić information content (AvgIpc) is 2.20. The first-order chi connectivity index (χ1) is 6.83. The number of rotatable bonds is 5. The van der Waals surface area contributed by atoms with Gasteiger partial charge in [0.2, 0.25) is 0 Å². The summed E-state index contributed by atoms with van der Waals surface area (Å²) in [6.07, 6.45) is 7.07. The third-order valence-electron chi connectivity index (χ3n) is 2.55. The van der Waals surface area contributed by atoms with E-state index in [1.54, 1.807) is 0 Å². The van der Waals surface area contributed by atoms with Crippen LogP contribution in [0.15, 0.2) is 0 Å². The van der Waals surface area contributed by atoms with Gasteiger partial charge >= 0.3 is 5.97 Å². The first-order valence-electron chi connectivity index (χ1n) is 5.73. The summed E-state index contributed by atoms with van der Waals surface area (Å²) in [6, 6.07) is 0. The predicted octanol–water partition coefficient (Wildman–Crippen LogP) is 1.86. The van der Waals surface area contributed by atoms with E-state index < -0.39 is 0 Å². The minimum Gasteiger partial charge on any atom is -0.461 e. The Morgan fingerprint density at radius 3 is 2.71 bits per heavy atom. The Kier molecular flexibility index (Phi) is 5.60. The molecule has 0 radical (unpaired) electrons. The highest BCUT2D eigenvalue weighted by Gasteiger charge is 2.16. The lowest BCUT2D eigenvalue weighted by Gasteiger charge is -2.21. The highest BCUT2D eigenvalue weighted by atomic mass is 16.5. The summed E-state index contributed by atoms with van der Waals surface area (Å²) in [6.45, 7) is 3.34. The Hall–Kier alpha value is -0.570. The van der Waals surface area contributed by atoms with Crippen molar-refractivity contribution in [2.45, 2.75) is 51.6 Å². The second kappa shape index (κ2) is 6.82. The number of carbonyl (C=O) groups excluding carboxylic acids is 1. The minimum atomic E-state index is -0.0923. The molecule has 0 amide bonds. The summed E-state index contributed by atoms with van der Waals surface area (Å²) in [4.78, 5) is 11.3. The van der Waals surface area contributed by atoms with Gasteiger partial charge in [-0.15, -0.1) is 0 Å². The van der Waals surface area contributed by atoms with Crippen molar-refractivity contribution in [1.29, 1.82) is 0 Å². The zero-order valence-corrected chi connectivity index (χ0v) is 9.05. The van der Waals surface area contributed by atoms with Crippen LogP contribution in [0.3, 0.4) is 0 Å².